The van der Waals surface area contributed by atoms with Gasteiger partial charge >= 0.3 is 11.9 Å². The van der Waals surface area contributed by atoms with Crippen LogP contribution in [-0.2, 0) is 25.5 Å². The highest BCUT2D eigenvalue weighted by Gasteiger charge is 2.49. The third kappa shape index (κ3) is 3.00. The molecule has 5 nitrogen and oxygen atoms in total. The van der Waals surface area contributed by atoms with Gasteiger partial charge in [-0.3, -0.25) is 4.79 Å². The standard InChI is InChI=1S/C21H26O5/c1-21(20(23)26-4)10-9-16-15-8-6-14(24-2)11-13(15)5-7-17(16)18(21)12-19(22)25-3/h6,8,11-12,16-17H,5,7,9-10H2,1-4H3/b18-12+/t16-,17+,21+/m1/s1. The third-order valence-corrected chi connectivity index (χ3v) is 6.06. The monoisotopic (exact) mass is 358 g/mol. The Labute approximate surface area is 154 Å². The molecule has 140 valence electrons. The topological polar surface area (TPSA) is 61.8 Å². The van der Waals surface area contributed by atoms with Gasteiger partial charge in [0.1, 0.15) is 5.75 Å². The van der Waals surface area contributed by atoms with Crippen LogP contribution in [0, 0.1) is 11.3 Å². The van der Waals surface area contributed by atoms with Crippen LogP contribution in [0.15, 0.2) is 29.8 Å². The van der Waals surface area contributed by atoms with Crippen LogP contribution in [0.3, 0.4) is 0 Å². The van der Waals surface area contributed by atoms with Crippen LogP contribution < -0.4 is 4.74 Å². The molecule has 0 aliphatic heterocycles. The molecule has 26 heavy (non-hydrogen) atoms. The lowest BCUT2D eigenvalue weighted by Gasteiger charge is -2.46. The Morgan fingerprint density at radius 2 is 1.88 bits per heavy atom. The Hall–Kier alpha value is -2.30. The molecule has 2 aliphatic rings. The van der Waals surface area contributed by atoms with Gasteiger partial charge in [0.15, 0.2) is 0 Å². The Kier molecular flexibility index (Phi) is 5.08. The molecule has 0 amide bonds. The highest BCUT2D eigenvalue weighted by Crippen LogP contribution is 2.55. The van der Waals surface area contributed by atoms with E-state index in [1.165, 1.54) is 31.4 Å². The van der Waals surface area contributed by atoms with E-state index in [9.17, 15) is 9.59 Å². The van der Waals surface area contributed by atoms with Crippen LogP contribution >= 0.6 is 0 Å². The normalized spacial score (nSPS) is 28.7. The Morgan fingerprint density at radius 3 is 2.54 bits per heavy atom. The minimum absolute atomic E-state index is 0.132. The summed E-state index contributed by atoms with van der Waals surface area (Å²) in [5, 5.41) is 0. The molecule has 1 fully saturated rings. The third-order valence-electron chi connectivity index (χ3n) is 6.06. The summed E-state index contributed by atoms with van der Waals surface area (Å²) in [4.78, 5) is 24.6. The van der Waals surface area contributed by atoms with E-state index in [1.807, 2.05) is 13.0 Å². The quantitative estimate of drug-likeness (QED) is 0.612. The molecule has 2 aliphatic carbocycles. The molecular formula is C21H26O5. The number of methoxy groups -OCH3 is 3. The van der Waals surface area contributed by atoms with E-state index in [0.29, 0.717) is 12.3 Å². The van der Waals surface area contributed by atoms with Gasteiger partial charge in [-0.2, -0.15) is 0 Å². The molecule has 0 spiro atoms. The molecule has 0 saturated heterocycles. The Morgan fingerprint density at radius 1 is 1.12 bits per heavy atom. The summed E-state index contributed by atoms with van der Waals surface area (Å²) in [7, 11) is 4.43. The maximum absolute atomic E-state index is 12.5. The van der Waals surface area contributed by atoms with Crippen molar-refractivity contribution in [3.63, 3.8) is 0 Å². The fraction of sp³-hybridized carbons (Fsp3) is 0.524. The minimum atomic E-state index is -0.784. The summed E-state index contributed by atoms with van der Waals surface area (Å²) in [6, 6.07) is 6.21. The van der Waals surface area contributed by atoms with Crippen molar-refractivity contribution in [2.24, 2.45) is 11.3 Å². The van der Waals surface area contributed by atoms with Crippen LogP contribution in [0.4, 0.5) is 0 Å². The predicted molar refractivity (Wildman–Crippen MR) is 97.0 cm³/mol. The summed E-state index contributed by atoms with van der Waals surface area (Å²) in [5.74, 6) is 0.580. The SMILES string of the molecule is COC(=O)/C=C1\[C@H]2CCc3cc(OC)ccc3[C@H]2CC[C@]1(C)C(=O)OC. The van der Waals surface area contributed by atoms with E-state index >= 15 is 0 Å². The van der Waals surface area contributed by atoms with E-state index in [-0.39, 0.29) is 11.9 Å². The summed E-state index contributed by atoms with van der Waals surface area (Å²) in [5.41, 5.74) is 2.65. The van der Waals surface area contributed by atoms with Crippen LogP contribution in [0.5, 0.6) is 5.75 Å². The molecule has 3 rings (SSSR count). The lowest BCUT2D eigenvalue weighted by atomic mass is 9.57. The van der Waals surface area contributed by atoms with Crippen LogP contribution in [0.1, 0.15) is 43.2 Å². The summed E-state index contributed by atoms with van der Waals surface area (Å²) in [6.07, 6.45) is 4.83. The molecule has 5 heteroatoms. The second-order valence-electron chi connectivity index (χ2n) is 7.30. The predicted octanol–water partition coefficient (Wildman–Crippen LogP) is 3.41. The van der Waals surface area contributed by atoms with Crippen molar-refractivity contribution in [3.05, 3.63) is 41.0 Å². The van der Waals surface area contributed by atoms with Crippen LogP contribution in [0.25, 0.3) is 0 Å². The maximum atomic E-state index is 12.5. The number of aryl methyl sites for hydroxylation is 1. The van der Waals surface area contributed by atoms with Gasteiger partial charge in [-0.15, -0.1) is 0 Å². The fourth-order valence-corrected chi connectivity index (χ4v) is 4.64. The van der Waals surface area contributed by atoms with E-state index in [1.54, 1.807) is 7.11 Å². The van der Waals surface area contributed by atoms with Gasteiger partial charge in [0.2, 0.25) is 0 Å². The Balaban J connectivity index is 2.04. The smallest absolute Gasteiger partial charge is 0.330 e. The van der Waals surface area contributed by atoms with Crippen molar-refractivity contribution in [1.82, 2.24) is 0 Å². The largest absolute Gasteiger partial charge is 0.497 e. The van der Waals surface area contributed by atoms with Gasteiger partial charge < -0.3 is 14.2 Å². The molecular weight excluding hydrogens is 332 g/mol. The zero-order chi connectivity index (χ0) is 18.9. The van der Waals surface area contributed by atoms with Crippen molar-refractivity contribution in [2.45, 2.75) is 38.5 Å². The average Bonchev–Trinajstić information content (AvgIpc) is 2.68. The molecule has 1 saturated carbocycles. The van der Waals surface area contributed by atoms with Crippen LogP contribution in [0.2, 0.25) is 0 Å². The number of rotatable bonds is 3. The number of fused-ring (bicyclic) bond motifs is 3. The second kappa shape index (κ2) is 7.14. The lowest BCUT2D eigenvalue weighted by Crippen LogP contribution is -2.42. The zero-order valence-electron chi connectivity index (χ0n) is 15.8. The van der Waals surface area contributed by atoms with Crippen molar-refractivity contribution >= 4 is 11.9 Å². The Bertz CT molecular complexity index is 751. The van der Waals surface area contributed by atoms with E-state index in [0.717, 1.165) is 30.6 Å². The van der Waals surface area contributed by atoms with E-state index in [4.69, 9.17) is 14.2 Å². The molecule has 0 aromatic heterocycles. The number of carbonyl (C=O) groups is 2. The minimum Gasteiger partial charge on any atom is -0.497 e. The second-order valence-corrected chi connectivity index (χ2v) is 7.30. The molecule has 0 heterocycles. The van der Waals surface area contributed by atoms with Gasteiger partial charge in [-0.05, 0) is 73.3 Å². The summed E-state index contributed by atoms with van der Waals surface area (Å²) < 4.78 is 15.3. The van der Waals surface area contributed by atoms with Gasteiger partial charge in [0.05, 0.1) is 26.7 Å². The number of hydrogen-bond donors (Lipinski definition) is 0. The molecule has 0 radical (unpaired) electrons. The molecule has 3 atom stereocenters. The van der Waals surface area contributed by atoms with Gasteiger partial charge in [-0.1, -0.05) is 6.07 Å². The summed E-state index contributed by atoms with van der Waals surface area (Å²) in [6.45, 7) is 1.88. The molecule has 1 aromatic carbocycles. The molecule has 0 unspecified atom stereocenters. The average molecular weight is 358 g/mol. The van der Waals surface area contributed by atoms with Crippen molar-refractivity contribution in [2.75, 3.05) is 21.3 Å². The number of esters is 2. The molecule has 1 aromatic rings. The molecule has 0 bridgehead atoms. The van der Waals surface area contributed by atoms with Gasteiger partial charge in [-0.25, -0.2) is 4.79 Å². The zero-order valence-corrected chi connectivity index (χ0v) is 15.8. The van der Waals surface area contributed by atoms with E-state index < -0.39 is 11.4 Å². The number of hydrogen-bond acceptors (Lipinski definition) is 5. The highest BCUT2D eigenvalue weighted by atomic mass is 16.5. The van der Waals surface area contributed by atoms with Gasteiger partial charge in [0.25, 0.3) is 0 Å². The first-order chi connectivity index (χ1) is 12.4. The first kappa shape index (κ1) is 18.5. The lowest BCUT2D eigenvalue weighted by molar-refractivity contribution is -0.151. The number of carbonyl (C=O) groups excluding carboxylic acids is 2. The number of benzene rings is 1. The van der Waals surface area contributed by atoms with Crippen molar-refractivity contribution in [3.8, 4) is 5.75 Å². The van der Waals surface area contributed by atoms with E-state index in [2.05, 4.69) is 12.1 Å². The highest BCUT2D eigenvalue weighted by molar-refractivity contribution is 5.87. The summed E-state index contributed by atoms with van der Waals surface area (Å²) >= 11 is 0. The maximum Gasteiger partial charge on any atom is 0.330 e. The first-order valence-corrected chi connectivity index (χ1v) is 9.00. The van der Waals surface area contributed by atoms with Crippen molar-refractivity contribution < 1.29 is 23.8 Å². The fourth-order valence-electron chi connectivity index (χ4n) is 4.64. The van der Waals surface area contributed by atoms with Crippen LogP contribution in [-0.4, -0.2) is 33.3 Å². The van der Waals surface area contributed by atoms with Gasteiger partial charge in [0, 0.05) is 6.08 Å². The van der Waals surface area contributed by atoms with Crippen molar-refractivity contribution in [1.29, 1.82) is 0 Å². The number of ether oxygens (including phenoxy) is 3. The molecule has 0 N–H and O–H groups in total. The first-order valence-electron chi connectivity index (χ1n) is 9.00.